The molecule has 0 spiro atoms. The topological polar surface area (TPSA) is 92.8 Å². The number of imide groups is 1. The highest BCUT2D eigenvalue weighted by atomic mass is 19.1. The van der Waals surface area contributed by atoms with Gasteiger partial charge < -0.3 is 10.1 Å². The zero-order chi connectivity index (χ0) is 23.5. The second-order valence-corrected chi connectivity index (χ2v) is 7.46. The molecule has 0 unspecified atom stereocenters. The number of fused-ring (bicyclic) bond motifs is 1. The van der Waals surface area contributed by atoms with Crippen LogP contribution in [0.1, 0.15) is 49.6 Å². The lowest BCUT2D eigenvalue weighted by Gasteiger charge is -2.22. The number of carbonyl (C=O) groups is 4. The monoisotopic (exact) mass is 446 g/mol. The average Bonchev–Trinajstić information content (AvgIpc) is 3.08. The van der Waals surface area contributed by atoms with E-state index in [1.54, 1.807) is 6.92 Å². The molecule has 0 bridgehead atoms. The van der Waals surface area contributed by atoms with Crippen LogP contribution in [-0.2, 0) is 9.53 Å². The van der Waals surface area contributed by atoms with Crippen molar-refractivity contribution in [2.24, 2.45) is 0 Å². The minimum Gasteiger partial charge on any atom is -0.452 e. The molecule has 8 heteroatoms. The van der Waals surface area contributed by atoms with Gasteiger partial charge in [-0.15, -0.1) is 0 Å². The molecule has 1 heterocycles. The number of anilines is 1. The summed E-state index contributed by atoms with van der Waals surface area (Å²) in [5.74, 6) is -2.81. The molecule has 1 N–H and O–H groups in total. The zero-order valence-electron chi connectivity index (χ0n) is 17.6. The van der Waals surface area contributed by atoms with Crippen LogP contribution in [0.3, 0.4) is 0 Å². The Morgan fingerprint density at radius 2 is 1.61 bits per heavy atom. The number of hydrogen-bond donors (Lipinski definition) is 1. The first kappa shape index (κ1) is 21.9. The Morgan fingerprint density at radius 1 is 0.939 bits per heavy atom. The summed E-state index contributed by atoms with van der Waals surface area (Å²) in [5, 5.41) is 2.48. The second kappa shape index (κ2) is 9.04. The predicted molar refractivity (Wildman–Crippen MR) is 117 cm³/mol. The van der Waals surface area contributed by atoms with E-state index in [9.17, 15) is 23.6 Å². The van der Waals surface area contributed by atoms with E-state index in [4.69, 9.17) is 4.74 Å². The van der Waals surface area contributed by atoms with Gasteiger partial charge in [-0.3, -0.25) is 19.3 Å². The van der Waals surface area contributed by atoms with Crippen molar-refractivity contribution in [1.29, 1.82) is 0 Å². The van der Waals surface area contributed by atoms with Crippen LogP contribution >= 0.6 is 0 Å². The van der Waals surface area contributed by atoms with Gasteiger partial charge in [-0.25, -0.2) is 9.18 Å². The molecular weight excluding hydrogens is 427 g/mol. The fraction of sp³-hybridized carbons (Fsp3) is 0.120. The average molecular weight is 446 g/mol. The van der Waals surface area contributed by atoms with E-state index in [1.807, 2.05) is 30.3 Å². The van der Waals surface area contributed by atoms with Gasteiger partial charge in [0.25, 0.3) is 17.7 Å². The standard InChI is InChI=1S/C25H19FN2O5/c1-15(16-5-3-2-4-6-16)28-23(30)20-12-7-17(13-21(20)24(28)31)25(32)33-14-22(29)27-19-10-8-18(26)9-11-19/h2-13,15H,14H2,1H3,(H,27,29)/t15-/m0/s1. The van der Waals surface area contributed by atoms with Crippen LogP contribution < -0.4 is 5.32 Å². The van der Waals surface area contributed by atoms with Crippen LogP contribution in [0.25, 0.3) is 0 Å². The molecule has 0 fully saturated rings. The first-order valence-electron chi connectivity index (χ1n) is 10.1. The van der Waals surface area contributed by atoms with E-state index in [1.165, 1.54) is 42.5 Å². The maximum atomic E-state index is 13.0. The second-order valence-electron chi connectivity index (χ2n) is 7.46. The van der Waals surface area contributed by atoms with Crippen LogP contribution in [-0.4, -0.2) is 35.2 Å². The fourth-order valence-corrected chi connectivity index (χ4v) is 3.56. The quantitative estimate of drug-likeness (QED) is 0.457. The summed E-state index contributed by atoms with van der Waals surface area (Å²) in [6, 6.07) is 17.9. The summed E-state index contributed by atoms with van der Waals surface area (Å²) in [7, 11) is 0. The van der Waals surface area contributed by atoms with E-state index < -0.39 is 42.2 Å². The smallest absolute Gasteiger partial charge is 0.338 e. The molecule has 1 atom stereocenters. The van der Waals surface area contributed by atoms with Crippen molar-refractivity contribution >= 4 is 29.4 Å². The van der Waals surface area contributed by atoms with Gasteiger partial charge in [0.05, 0.1) is 22.7 Å². The maximum absolute atomic E-state index is 13.0. The van der Waals surface area contributed by atoms with Crippen molar-refractivity contribution in [3.05, 3.63) is 101 Å². The molecule has 0 radical (unpaired) electrons. The summed E-state index contributed by atoms with van der Waals surface area (Å²) in [6.07, 6.45) is 0. The molecule has 1 aliphatic rings. The number of carbonyl (C=O) groups excluding carboxylic acids is 4. The molecular formula is C25H19FN2O5. The van der Waals surface area contributed by atoms with Crippen molar-refractivity contribution in [1.82, 2.24) is 4.90 Å². The van der Waals surface area contributed by atoms with Gasteiger partial charge in [0.15, 0.2) is 6.61 Å². The van der Waals surface area contributed by atoms with Crippen LogP contribution in [0.4, 0.5) is 10.1 Å². The molecule has 3 amide bonds. The number of amides is 3. The van der Waals surface area contributed by atoms with E-state index in [2.05, 4.69) is 5.32 Å². The Bertz CT molecular complexity index is 1240. The molecule has 0 aliphatic carbocycles. The highest BCUT2D eigenvalue weighted by molar-refractivity contribution is 6.22. The van der Waals surface area contributed by atoms with E-state index in [0.717, 1.165) is 10.5 Å². The molecule has 0 aromatic heterocycles. The highest BCUT2D eigenvalue weighted by Gasteiger charge is 2.39. The van der Waals surface area contributed by atoms with Crippen molar-refractivity contribution < 1.29 is 28.3 Å². The first-order valence-corrected chi connectivity index (χ1v) is 10.1. The molecule has 0 saturated carbocycles. The molecule has 3 aromatic carbocycles. The Labute approximate surface area is 188 Å². The lowest BCUT2D eigenvalue weighted by Crippen LogP contribution is -2.32. The predicted octanol–water partition coefficient (Wildman–Crippen LogP) is 3.98. The van der Waals surface area contributed by atoms with Crippen molar-refractivity contribution in [3.63, 3.8) is 0 Å². The normalized spacial score (nSPS) is 13.5. The van der Waals surface area contributed by atoms with Crippen molar-refractivity contribution in [2.45, 2.75) is 13.0 Å². The SMILES string of the molecule is C[C@@H](c1ccccc1)N1C(=O)c2ccc(C(=O)OCC(=O)Nc3ccc(F)cc3)cc2C1=O. The summed E-state index contributed by atoms with van der Waals surface area (Å²) < 4.78 is 18.0. The molecule has 7 nitrogen and oxygen atoms in total. The molecule has 3 aromatic rings. The number of halogens is 1. The Morgan fingerprint density at radius 3 is 2.30 bits per heavy atom. The van der Waals surface area contributed by atoms with E-state index in [0.29, 0.717) is 5.69 Å². The summed E-state index contributed by atoms with van der Waals surface area (Å²) >= 11 is 0. The maximum Gasteiger partial charge on any atom is 0.338 e. The Hall–Kier alpha value is -4.33. The number of hydrogen-bond acceptors (Lipinski definition) is 5. The van der Waals surface area contributed by atoms with Gasteiger partial charge >= 0.3 is 5.97 Å². The zero-order valence-corrected chi connectivity index (χ0v) is 17.6. The molecule has 33 heavy (non-hydrogen) atoms. The molecule has 166 valence electrons. The molecule has 0 saturated heterocycles. The number of ether oxygens (including phenoxy) is 1. The minimum atomic E-state index is -0.818. The van der Waals surface area contributed by atoms with Crippen LogP contribution in [0.15, 0.2) is 72.8 Å². The van der Waals surface area contributed by atoms with Gasteiger partial charge in [-0.05, 0) is 55.0 Å². The number of nitrogens with zero attached hydrogens (tertiary/aromatic N) is 1. The molecule has 1 aliphatic heterocycles. The van der Waals surface area contributed by atoms with Crippen LogP contribution in [0.5, 0.6) is 0 Å². The fourth-order valence-electron chi connectivity index (χ4n) is 3.56. The van der Waals surface area contributed by atoms with Crippen LogP contribution in [0.2, 0.25) is 0 Å². The summed E-state index contributed by atoms with van der Waals surface area (Å²) in [5.41, 5.74) is 1.51. The van der Waals surface area contributed by atoms with Gasteiger partial charge in [0.2, 0.25) is 0 Å². The third kappa shape index (κ3) is 4.50. The lowest BCUT2D eigenvalue weighted by atomic mass is 10.1. The number of nitrogens with one attached hydrogen (secondary N) is 1. The van der Waals surface area contributed by atoms with E-state index in [-0.39, 0.29) is 16.7 Å². The van der Waals surface area contributed by atoms with Gasteiger partial charge in [-0.1, -0.05) is 30.3 Å². The van der Waals surface area contributed by atoms with Crippen LogP contribution in [0, 0.1) is 5.82 Å². The van der Waals surface area contributed by atoms with Gasteiger partial charge in [-0.2, -0.15) is 0 Å². The first-order chi connectivity index (χ1) is 15.8. The number of benzene rings is 3. The Balaban J connectivity index is 1.43. The minimum absolute atomic E-state index is 0.0405. The Kier molecular flexibility index (Phi) is 5.99. The molecule has 4 rings (SSSR count). The number of rotatable bonds is 6. The number of esters is 1. The third-order valence-corrected chi connectivity index (χ3v) is 5.29. The third-order valence-electron chi connectivity index (χ3n) is 5.29. The largest absolute Gasteiger partial charge is 0.452 e. The van der Waals surface area contributed by atoms with Crippen molar-refractivity contribution in [3.8, 4) is 0 Å². The highest BCUT2D eigenvalue weighted by Crippen LogP contribution is 2.31. The summed E-state index contributed by atoms with van der Waals surface area (Å²) in [6.45, 7) is 1.18. The summed E-state index contributed by atoms with van der Waals surface area (Å²) in [4.78, 5) is 51.3. The van der Waals surface area contributed by atoms with Gasteiger partial charge in [0, 0.05) is 5.69 Å². The van der Waals surface area contributed by atoms with Crippen molar-refractivity contribution in [2.75, 3.05) is 11.9 Å². The van der Waals surface area contributed by atoms with E-state index >= 15 is 0 Å². The lowest BCUT2D eigenvalue weighted by molar-refractivity contribution is -0.119. The van der Waals surface area contributed by atoms with Gasteiger partial charge in [0.1, 0.15) is 5.82 Å².